The molecule has 0 aliphatic carbocycles. The first-order chi connectivity index (χ1) is 6.72. The molecule has 1 atom stereocenters. The van der Waals surface area contributed by atoms with Crippen LogP contribution in [0.4, 0.5) is 0 Å². The van der Waals surface area contributed by atoms with Crippen molar-refractivity contribution < 1.29 is 5.11 Å². The average molecular weight is 254 g/mol. The van der Waals surface area contributed by atoms with Gasteiger partial charge in [0.05, 0.1) is 0 Å². The van der Waals surface area contributed by atoms with Crippen molar-refractivity contribution in [3.63, 3.8) is 0 Å². The van der Waals surface area contributed by atoms with Gasteiger partial charge in [-0.1, -0.05) is 13.0 Å². The molecule has 0 amide bonds. The summed E-state index contributed by atoms with van der Waals surface area (Å²) in [6.07, 6.45) is 1.93. The summed E-state index contributed by atoms with van der Waals surface area (Å²) in [6, 6.07) is 6.20. The average Bonchev–Trinajstić information content (AvgIpc) is 2.59. The van der Waals surface area contributed by atoms with Gasteiger partial charge in [0.15, 0.2) is 0 Å². The number of fused-ring (bicyclic) bond motifs is 1. The van der Waals surface area contributed by atoms with Crippen LogP contribution < -0.4 is 0 Å². The van der Waals surface area contributed by atoms with Crippen molar-refractivity contribution in [2.45, 2.75) is 12.8 Å². The second-order valence-corrected chi connectivity index (χ2v) is 4.38. The van der Waals surface area contributed by atoms with Crippen molar-refractivity contribution in [2.24, 2.45) is 0 Å². The summed E-state index contributed by atoms with van der Waals surface area (Å²) in [5.41, 5.74) is 2.28. The lowest BCUT2D eigenvalue weighted by molar-refractivity contribution is 0.273. The van der Waals surface area contributed by atoms with E-state index in [0.717, 1.165) is 9.99 Å². The summed E-state index contributed by atoms with van der Waals surface area (Å²) in [4.78, 5) is 3.16. The Balaban J connectivity index is 2.54. The fourth-order valence-corrected chi connectivity index (χ4v) is 1.96. The second-order valence-electron chi connectivity index (χ2n) is 3.53. The fourth-order valence-electron chi connectivity index (χ4n) is 1.52. The van der Waals surface area contributed by atoms with Gasteiger partial charge in [0.1, 0.15) is 0 Å². The molecule has 0 saturated carbocycles. The maximum atomic E-state index is 9.06. The molecule has 74 valence electrons. The minimum Gasteiger partial charge on any atom is -0.396 e. The second kappa shape index (κ2) is 3.75. The number of rotatable bonds is 2. The molecule has 0 aliphatic heterocycles. The molecule has 1 heterocycles. The fraction of sp³-hybridized carbons (Fsp3) is 0.273. The SMILES string of the molecule is CC(CO)c1ccc2[nH]cc(Br)c2c1. The van der Waals surface area contributed by atoms with E-state index >= 15 is 0 Å². The van der Waals surface area contributed by atoms with Gasteiger partial charge in [-0.05, 0) is 33.6 Å². The van der Waals surface area contributed by atoms with Crippen LogP contribution in [0.2, 0.25) is 0 Å². The van der Waals surface area contributed by atoms with E-state index in [1.54, 1.807) is 0 Å². The van der Waals surface area contributed by atoms with Gasteiger partial charge in [0.2, 0.25) is 0 Å². The molecule has 1 unspecified atom stereocenters. The Hall–Kier alpha value is -0.800. The molecule has 0 fully saturated rings. The number of nitrogens with one attached hydrogen (secondary N) is 1. The zero-order valence-electron chi connectivity index (χ0n) is 7.92. The Bertz CT molecular complexity index is 449. The number of halogens is 1. The monoisotopic (exact) mass is 253 g/mol. The van der Waals surface area contributed by atoms with E-state index in [-0.39, 0.29) is 12.5 Å². The van der Waals surface area contributed by atoms with Gasteiger partial charge in [-0.15, -0.1) is 0 Å². The molecule has 3 heteroatoms. The third-order valence-corrected chi connectivity index (χ3v) is 3.15. The number of H-pyrrole nitrogens is 1. The number of benzene rings is 1. The largest absolute Gasteiger partial charge is 0.396 e. The van der Waals surface area contributed by atoms with E-state index in [4.69, 9.17) is 5.11 Å². The topological polar surface area (TPSA) is 36.0 Å². The summed E-state index contributed by atoms with van der Waals surface area (Å²) in [5.74, 6) is 0.196. The number of hydrogen-bond acceptors (Lipinski definition) is 1. The van der Waals surface area contributed by atoms with E-state index < -0.39 is 0 Å². The van der Waals surface area contributed by atoms with E-state index in [9.17, 15) is 0 Å². The highest BCUT2D eigenvalue weighted by Gasteiger charge is 2.06. The van der Waals surface area contributed by atoms with Crippen LogP contribution in [0.3, 0.4) is 0 Å². The Morgan fingerprint density at radius 3 is 3.00 bits per heavy atom. The summed E-state index contributed by atoms with van der Waals surface area (Å²) in [5, 5.41) is 10.2. The van der Waals surface area contributed by atoms with E-state index in [1.165, 1.54) is 10.9 Å². The predicted molar refractivity (Wildman–Crippen MR) is 61.5 cm³/mol. The lowest BCUT2D eigenvalue weighted by Gasteiger charge is -2.07. The van der Waals surface area contributed by atoms with Crippen molar-refractivity contribution in [3.8, 4) is 0 Å². The van der Waals surface area contributed by atoms with E-state index in [0.29, 0.717) is 0 Å². The van der Waals surface area contributed by atoms with E-state index in [1.807, 2.05) is 25.3 Å². The van der Waals surface area contributed by atoms with Crippen LogP contribution in [0.25, 0.3) is 10.9 Å². The Morgan fingerprint density at radius 1 is 1.50 bits per heavy atom. The predicted octanol–water partition coefficient (Wildman–Crippen LogP) is 3.03. The molecule has 2 rings (SSSR count). The highest BCUT2D eigenvalue weighted by molar-refractivity contribution is 9.10. The molecule has 2 N–H and O–H groups in total. The number of hydrogen-bond donors (Lipinski definition) is 2. The van der Waals surface area contributed by atoms with Crippen LogP contribution >= 0.6 is 15.9 Å². The minimum absolute atomic E-state index is 0.188. The number of aliphatic hydroxyl groups is 1. The molecular formula is C11H12BrNO. The molecule has 1 aromatic carbocycles. The van der Waals surface area contributed by atoms with Gasteiger partial charge in [-0.2, -0.15) is 0 Å². The van der Waals surface area contributed by atoms with Crippen LogP contribution in [0.5, 0.6) is 0 Å². The highest BCUT2D eigenvalue weighted by Crippen LogP contribution is 2.26. The maximum Gasteiger partial charge on any atom is 0.0497 e. The maximum absolute atomic E-state index is 9.06. The van der Waals surface area contributed by atoms with Crippen LogP contribution in [0.1, 0.15) is 18.4 Å². The summed E-state index contributed by atoms with van der Waals surface area (Å²) in [7, 11) is 0. The van der Waals surface area contributed by atoms with Crippen LogP contribution in [-0.4, -0.2) is 16.7 Å². The molecule has 2 nitrogen and oxygen atoms in total. The zero-order valence-corrected chi connectivity index (χ0v) is 9.51. The van der Waals surface area contributed by atoms with Gasteiger partial charge in [0.25, 0.3) is 0 Å². The first kappa shape index (κ1) is 9.74. The number of aromatic nitrogens is 1. The van der Waals surface area contributed by atoms with Crippen molar-refractivity contribution >= 4 is 26.8 Å². The lowest BCUT2D eigenvalue weighted by Crippen LogP contribution is -1.97. The van der Waals surface area contributed by atoms with Crippen LogP contribution in [0, 0.1) is 0 Å². The van der Waals surface area contributed by atoms with Gasteiger partial charge in [0, 0.05) is 34.1 Å². The highest BCUT2D eigenvalue weighted by atomic mass is 79.9. The van der Waals surface area contributed by atoms with Gasteiger partial charge in [-0.3, -0.25) is 0 Å². The third kappa shape index (κ3) is 1.57. The molecule has 14 heavy (non-hydrogen) atoms. The van der Waals surface area contributed by atoms with Crippen molar-refractivity contribution in [2.75, 3.05) is 6.61 Å². The summed E-state index contributed by atoms with van der Waals surface area (Å²) < 4.78 is 1.07. The van der Waals surface area contributed by atoms with Gasteiger partial charge in [-0.25, -0.2) is 0 Å². The third-order valence-electron chi connectivity index (χ3n) is 2.50. The molecular weight excluding hydrogens is 242 g/mol. The van der Waals surface area contributed by atoms with Gasteiger partial charge < -0.3 is 10.1 Å². The first-order valence-electron chi connectivity index (χ1n) is 4.59. The molecule has 0 bridgehead atoms. The zero-order chi connectivity index (χ0) is 10.1. The van der Waals surface area contributed by atoms with Crippen LogP contribution in [0.15, 0.2) is 28.9 Å². The van der Waals surface area contributed by atoms with Crippen LogP contribution in [-0.2, 0) is 0 Å². The van der Waals surface area contributed by atoms with Crippen molar-refractivity contribution in [1.29, 1.82) is 0 Å². The van der Waals surface area contributed by atoms with Crippen molar-refractivity contribution in [1.82, 2.24) is 4.98 Å². The Morgan fingerprint density at radius 2 is 2.29 bits per heavy atom. The first-order valence-corrected chi connectivity index (χ1v) is 5.39. The smallest absolute Gasteiger partial charge is 0.0497 e. The normalized spacial score (nSPS) is 13.4. The Labute approximate surface area is 91.1 Å². The molecule has 1 aromatic heterocycles. The quantitative estimate of drug-likeness (QED) is 0.849. The Kier molecular flexibility index (Phi) is 2.61. The minimum atomic E-state index is 0.188. The molecule has 0 saturated heterocycles. The lowest BCUT2D eigenvalue weighted by atomic mass is 10.0. The number of aliphatic hydroxyl groups excluding tert-OH is 1. The summed E-state index contributed by atoms with van der Waals surface area (Å²) >= 11 is 3.48. The molecule has 0 spiro atoms. The standard InChI is InChI=1S/C11H12BrNO/c1-7(6-14)8-2-3-11-9(4-8)10(12)5-13-11/h2-5,7,13-14H,6H2,1H3. The summed E-state index contributed by atoms with van der Waals surface area (Å²) in [6.45, 7) is 2.20. The molecule has 2 aromatic rings. The van der Waals surface area contributed by atoms with Gasteiger partial charge >= 0.3 is 0 Å². The van der Waals surface area contributed by atoms with E-state index in [2.05, 4.69) is 27.0 Å². The molecule has 0 aliphatic rings. The number of aromatic amines is 1. The van der Waals surface area contributed by atoms with Crippen molar-refractivity contribution in [3.05, 3.63) is 34.4 Å². The molecule has 0 radical (unpaired) electrons.